The number of aromatic carboxylic acids is 1. The normalized spacial score (nSPS) is 10.4. The van der Waals surface area contributed by atoms with E-state index in [-0.39, 0.29) is 27.0 Å². The molecule has 0 saturated heterocycles. The van der Waals surface area contributed by atoms with Gasteiger partial charge in [-0.2, -0.15) is 0 Å². The molecule has 0 atom stereocenters. The maximum absolute atomic E-state index is 12.3. The Hall–Kier alpha value is -2.11. The molecule has 2 aromatic rings. The molecule has 0 aliphatic rings. The van der Waals surface area contributed by atoms with E-state index in [1.165, 1.54) is 18.3 Å². The molecule has 7 heteroatoms. The molecule has 1 aromatic carbocycles. The summed E-state index contributed by atoms with van der Waals surface area (Å²) in [6, 6.07) is 6.14. The number of aryl methyl sites for hydroxylation is 1. The highest BCUT2D eigenvalue weighted by Crippen LogP contribution is 2.31. The zero-order chi connectivity index (χ0) is 17.0. The Morgan fingerprint density at radius 3 is 2.57 bits per heavy atom. The first kappa shape index (κ1) is 17.2. The van der Waals surface area contributed by atoms with E-state index >= 15 is 0 Å². The number of rotatable bonds is 5. The minimum atomic E-state index is -1.18. The second-order valence-electron chi connectivity index (χ2n) is 4.81. The van der Waals surface area contributed by atoms with E-state index in [2.05, 4.69) is 10.3 Å². The summed E-state index contributed by atoms with van der Waals surface area (Å²) < 4.78 is 0. The number of anilines is 1. The lowest BCUT2D eigenvalue weighted by Crippen LogP contribution is -2.16. The van der Waals surface area contributed by atoms with Gasteiger partial charge in [0.25, 0.3) is 5.91 Å². The van der Waals surface area contributed by atoms with Crippen LogP contribution in [0.5, 0.6) is 0 Å². The molecule has 2 rings (SSSR count). The van der Waals surface area contributed by atoms with E-state index in [1.807, 2.05) is 6.92 Å². The van der Waals surface area contributed by atoms with Gasteiger partial charge in [-0.3, -0.25) is 4.79 Å². The number of carboxylic acid groups (broad SMARTS) is 1. The fourth-order valence-corrected chi connectivity index (χ4v) is 2.63. The van der Waals surface area contributed by atoms with E-state index in [4.69, 9.17) is 23.2 Å². The Labute approximate surface area is 143 Å². The Morgan fingerprint density at radius 1 is 1.22 bits per heavy atom. The number of hydrogen-bond donors (Lipinski definition) is 2. The lowest BCUT2D eigenvalue weighted by Gasteiger charge is -2.14. The SMILES string of the molecule is CCCc1ccc(C(=O)O)c(NC(=O)c2cccnc2Cl)c1Cl. The minimum absolute atomic E-state index is 0.0303. The second-order valence-corrected chi connectivity index (χ2v) is 5.55. The van der Waals surface area contributed by atoms with Crippen molar-refractivity contribution < 1.29 is 14.7 Å². The molecule has 23 heavy (non-hydrogen) atoms. The predicted octanol–water partition coefficient (Wildman–Crippen LogP) is 4.29. The summed E-state index contributed by atoms with van der Waals surface area (Å²) in [4.78, 5) is 27.5. The van der Waals surface area contributed by atoms with Crippen LogP contribution in [0.25, 0.3) is 0 Å². The van der Waals surface area contributed by atoms with Crippen molar-refractivity contribution in [3.05, 3.63) is 57.3 Å². The lowest BCUT2D eigenvalue weighted by atomic mass is 10.0. The molecular weight excluding hydrogens is 339 g/mol. The van der Waals surface area contributed by atoms with Gasteiger partial charge in [0, 0.05) is 6.20 Å². The Morgan fingerprint density at radius 2 is 1.96 bits per heavy atom. The highest BCUT2D eigenvalue weighted by molar-refractivity contribution is 6.36. The summed E-state index contributed by atoms with van der Waals surface area (Å²) in [5.74, 6) is -1.75. The zero-order valence-corrected chi connectivity index (χ0v) is 13.8. The summed E-state index contributed by atoms with van der Waals surface area (Å²) in [6.07, 6.45) is 2.97. The van der Waals surface area contributed by atoms with E-state index in [0.29, 0.717) is 6.42 Å². The third-order valence-corrected chi connectivity index (χ3v) is 3.95. The molecule has 2 N–H and O–H groups in total. The summed E-state index contributed by atoms with van der Waals surface area (Å²) in [6.45, 7) is 1.98. The van der Waals surface area contributed by atoms with Gasteiger partial charge in [0.2, 0.25) is 0 Å². The molecular formula is C16H14Cl2N2O3. The molecule has 0 saturated carbocycles. The molecule has 0 bridgehead atoms. The van der Waals surface area contributed by atoms with E-state index in [1.54, 1.807) is 12.1 Å². The fourth-order valence-electron chi connectivity index (χ4n) is 2.12. The second kappa shape index (κ2) is 7.44. The number of nitrogens with one attached hydrogen (secondary N) is 1. The van der Waals surface area contributed by atoms with Crippen LogP contribution in [0, 0.1) is 0 Å². The van der Waals surface area contributed by atoms with Crippen molar-refractivity contribution >= 4 is 40.8 Å². The van der Waals surface area contributed by atoms with Gasteiger partial charge in [-0.15, -0.1) is 0 Å². The number of pyridine rings is 1. The van der Waals surface area contributed by atoms with Gasteiger partial charge in [0.15, 0.2) is 0 Å². The smallest absolute Gasteiger partial charge is 0.337 e. The predicted molar refractivity (Wildman–Crippen MR) is 89.6 cm³/mol. The van der Waals surface area contributed by atoms with Crippen LogP contribution in [0.4, 0.5) is 5.69 Å². The lowest BCUT2D eigenvalue weighted by molar-refractivity contribution is 0.0698. The van der Waals surface area contributed by atoms with Crippen molar-refractivity contribution in [2.75, 3.05) is 5.32 Å². The Kier molecular flexibility index (Phi) is 5.58. The van der Waals surface area contributed by atoms with Crippen molar-refractivity contribution in [1.82, 2.24) is 4.98 Å². The summed E-state index contributed by atoms with van der Waals surface area (Å²) in [5.41, 5.74) is 0.896. The number of nitrogens with zero attached hydrogens (tertiary/aromatic N) is 1. The first-order chi connectivity index (χ1) is 11.0. The topological polar surface area (TPSA) is 79.3 Å². The Balaban J connectivity index is 2.45. The number of carbonyl (C=O) groups excluding carboxylic acids is 1. The van der Waals surface area contributed by atoms with Gasteiger partial charge in [-0.1, -0.05) is 42.6 Å². The van der Waals surface area contributed by atoms with Crippen LogP contribution in [-0.2, 0) is 6.42 Å². The standard InChI is InChI=1S/C16H14Cl2N2O3/c1-2-4-9-6-7-10(16(22)23)13(12(9)17)20-15(21)11-5-3-8-19-14(11)18/h3,5-8H,2,4H2,1H3,(H,20,21)(H,22,23). The molecule has 0 fully saturated rings. The van der Waals surface area contributed by atoms with Crippen LogP contribution in [0.2, 0.25) is 10.2 Å². The van der Waals surface area contributed by atoms with E-state index < -0.39 is 11.9 Å². The van der Waals surface area contributed by atoms with Crippen molar-refractivity contribution in [2.45, 2.75) is 19.8 Å². The fraction of sp³-hybridized carbons (Fsp3) is 0.188. The molecule has 1 amide bonds. The first-order valence-electron chi connectivity index (χ1n) is 6.92. The molecule has 0 aliphatic carbocycles. The first-order valence-corrected chi connectivity index (χ1v) is 7.67. The van der Waals surface area contributed by atoms with Gasteiger partial charge in [0.1, 0.15) is 5.15 Å². The van der Waals surface area contributed by atoms with Gasteiger partial charge in [-0.05, 0) is 30.2 Å². The third-order valence-electron chi connectivity index (χ3n) is 3.21. The number of carbonyl (C=O) groups is 2. The minimum Gasteiger partial charge on any atom is -0.478 e. The average molecular weight is 353 g/mol. The van der Waals surface area contributed by atoms with Crippen LogP contribution in [-0.4, -0.2) is 22.0 Å². The molecule has 0 aliphatic heterocycles. The highest BCUT2D eigenvalue weighted by atomic mass is 35.5. The van der Waals surface area contributed by atoms with Gasteiger partial charge in [-0.25, -0.2) is 9.78 Å². The molecule has 5 nitrogen and oxygen atoms in total. The molecule has 1 aromatic heterocycles. The van der Waals surface area contributed by atoms with Crippen LogP contribution in [0.1, 0.15) is 39.6 Å². The number of halogens is 2. The molecule has 120 valence electrons. The van der Waals surface area contributed by atoms with Gasteiger partial charge < -0.3 is 10.4 Å². The van der Waals surface area contributed by atoms with E-state index in [0.717, 1.165) is 12.0 Å². The quantitative estimate of drug-likeness (QED) is 0.786. The number of benzene rings is 1. The average Bonchev–Trinajstić information content (AvgIpc) is 2.51. The van der Waals surface area contributed by atoms with Gasteiger partial charge in [0.05, 0.1) is 21.8 Å². The van der Waals surface area contributed by atoms with Crippen molar-refractivity contribution in [2.24, 2.45) is 0 Å². The number of hydrogen-bond acceptors (Lipinski definition) is 3. The largest absolute Gasteiger partial charge is 0.478 e. The van der Waals surface area contributed by atoms with E-state index in [9.17, 15) is 14.7 Å². The number of carboxylic acids is 1. The van der Waals surface area contributed by atoms with Crippen LogP contribution in [0.3, 0.4) is 0 Å². The highest BCUT2D eigenvalue weighted by Gasteiger charge is 2.20. The maximum Gasteiger partial charge on any atom is 0.337 e. The van der Waals surface area contributed by atoms with Crippen molar-refractivity contribution in [3.63, 3.8) is 0 Å². The van der Waals surface area contributed by atoms with Crippen LogP contribution >= 0.6 is 23.2 Å². The van der Waals surface area contributed by atoms with Crippen molar-refractivity contribution in [1.29, 1.82) is 0 Å². The summed E-state index contributed by atoms with van der Waals surface area (Å²) in [5, 5.41) is 12.1. The molecule has 0 unspecified atom stereocenters. The number of aromatic nitrogens is 1. The monoisotopic (exact) mass is 352 g/mol. The van der Waals surface area contributed by atoms with Crippen LogP contribution < -0.4 is 5.32 Å². The Bertz CT molecular complexity index is 763. The van der Waals surface area contributed by atoms with Gasteiger partial charge >= 0.3 is 5.97 Å². The molecule has 0 spiro atoms. The van der Waals surface area contributed by atoms with Crippen molar-refractivity contribution in [3.8, 4) is 0 Å². The van der Waals surface area contributed by atoms with Crippen LogP contribution in [0.15, 0.2) is 30.5 Å². The zero-order valence-electron chi connectivity index (χ0n) is 12.3. The molecule has 0 radical (unpaired) electrons. The maximum atomic E-state index is 12.3. The molecule has 1 heterocycles. The third kappa shape index (κ3) is 3.81. The summed E-state index contributed by atoms with van der Waals surface area (Å²) in [7, 11) is 0. The number of amides is 1. The summed E-state index contributed by atoms with van der Waals surface area (Å²) >= 11 is 12.2.